The number of nitrogens with zero attached hydrogens (tertiary/aromatic N) is 2. The average Bonchev–Trinajstić information content (AvgIpc) is 3.06. The van der Waals surface area contributed by atoms with Crippen LogP contribution in [-0.4, -0.2) is 29.2 Å². The number of hydrogen-bond acceptors (Lipinski definition) is 5. The SMILES string of the molecule is CC(C)c1noc(CCCNC(=O)CCCOc2ccccc2Br)n1. The minimum Gasteiger partial charge on any atom is -0.492 e. The van der Waals surface area contributed by atoms with Crippen molar-refractivity contribution in [2.45, 2.75) is 45.4 Å². The van der Waals surface area contributed by atoms with E-state index < -0.39 is 0 Å². The summed E-state index contributed by atoms with van der Waals surface area (Å²) in [7, 11) is 0. The van der Waals surface area contributed by atoms with Gasteiger partial charge in [0.25, 0.3) is 0 Å². The molecule has 0 spiro atoms. The van der Waals surface area contributed by atoms with Crippen molar-refractivity contribution < 1.29 is 14.1 Å². The highest BCUT2D eigenvalue weighted by Gasteiger charge is 2.09. The van der Waals surface area contributed by atoms with Crippen LogP contribution in [0.2, 0.25) is 0 Å². The van der Waals surface area contributed by atoms with Crippen molar-refractivity contribution >= 4 is 21.8 Å². The zero-order valence-corrected chi connectivity index (χ0v) is 16.2. The highest BCUT2D eigenvalue weighted by Crippen LogP contribution is 2.23. The Balaban J connectivity index is 1.54. The van der Waals surface area contributed by atoms with Crippen LogP contribution in [-0.2, 0) is 11.2 Å². The number of nitrogens with one attached hydrogen (secondary N) is 1. The molecular weight excluding hydrogens is 386 g/mol. The van der Waals surface area contributed by atoms with Crippen LogP contribution in [0.15, 0.2) is 33.3 Å². The van der Waals surface area contributed by atoms with Crippen LogP contribution in [0.25, 0.3) is 0 Å². The number of ether oxygens (including phenoxy) is 1. The molecule has 0 saturated heterocycles. The van der Waals surface area contributed by atoms with Gasteiger partial charge in [-0.15, -0.1) is 0 Å². The number of carbonyl (C=O) groups excluding carboxylic acids is 1. The fraction of sp³-hybridized carbons (Fsp3) is 0.500. The maximum Gasteiger partial charge on any atom is 0.226 e. The lowest BCUT2D eigenvalue weighted by molar-refractivity contribution is -0.121. The minimum absolute atomic E-state index is 0.0316. The van der Waals surface area contributed by atoms with E-state index in [4.69, 9.17) is 9.26 Å². The van der Waals surface area contributed by atoms with Gasteiger partial charge in [0.15, 0.2) is 5.82 Å². The van der Waals surface area contributed by atoms with E-state index in [2.05, 4.69) is 31.4 Å². The molecule has 0 unspecified atom stereocenters. The highest BCUT2D eigenvalue weighted by molar-refractivity contribution is 9.10. The fourth-order valence-corrected chi connectivity index (χ4v) is 2.54. The summed E-state index contributed by atoms with van der Waals surface area (Å²) in [5, 5.41) is 6.82. The zero-order chi connectivity index (χ0) is 18.1. The molecule has 2 rings (SSSR count). The molecule has 0 fully saturated rings. The summed E-state index contributed by atoms with van der Waals surface area (Å²) in [6.07, 6.45) is 2.57. The molecule has 1 N–H and O–H groups in total. The Kier molecular flexibility index (Phi) is 7.91. The van der Waals surface area contributed by atoms with Crippen LogP contribution in [0.1, 0.15) is 50.7 Å². The average molecular weight is 410 g/mol. The van der Waals surface area contributed by atoms with Gasteiger partial charge < -0.3 is 14.6 Å². The predicted octanol–water partition coefficient (Wildman–Crippen LogP) is 3.86. The van der Waals surface area contributed by atoms with Crippen LogP contribution in [0.3, 0.4) is 0 Å². The molecule has 0 aliphatic carbocycles. The largest absolute Gasteiger partial charge is 0.492 e. The molecular formula is C18H24BrN3O3. The first-order valence-corrected chi connectivity index (χ1v) is 9.32. The Hall–Kier alpha value is -1.89. The lowest BCUT2D eigenvalue weighted by Crippen LogP contribution is -2.24. The molecule has 1 aromatic heterocycles. The molecule has 25 heavy (non-hydrogen) atoms. The van der Waals surface area contributed by atoms with Crippen molar-refractivity contribution in [2.75, 3.05) is 13.2 Å². The molecule has 136 valence electrons. The molecule has 6 nitrogen and oxygen atoms in total. The minimum atomic E-state index is 0.0316. The van der Waals surface area contributed by atoms with Crippen LogP contribution >= 0.6 is 15.9 Å². The van der Waals surface area contributed by atoms with Gasteiger partial charge in [0.2, 0.25) is 11.8 Å². The Morgan fingerprint density at radius 1 is 1.32 bits per heavy atom. The van der Waals surface area contributed by atoms with E-state index in [0.717, 1.165) is 22.5 Å². The Labute approximate surface area is 156 Å². The number of amides is 1. The number of aryl methyl sites for hydroxylation is 1. The number of rotatable bonds is 10. The Morgan fingerprint density at radius 2 is 2.12 bits per heavy atom. The standard InChI is InChI=1S/C18H24BrN3O3/c1-13(2)18-21-17(25-22-18)10-5-11-20-16(23)9-6-12-24-15-8-4-3-7-14(15)19/h3-4,7-8,13H,5-6,9-12H2,1-2H3,(H,20,23). The van der Waals surface area contributed by atoms with E-state index in [9.17, 15) is 4.79 Å². The molecule has 1 amide bonds. The summed E-state index contributed by atoms with van der Waals surface area (Å²) >= 11 is 3.43. The predicted molar refractivity (Wildman–Crippen MR) is 98.6 cm³/mol. The third kappa shape index (κ3) is 6.86. The number of hydrogen-bond donors (Lipinski definition) is 1. The second-order valence-corrected chi connectivity index (χ2v) is 6.89. The smallest absolute Gasteiger partial charge is 0.226 e. The number of aromatic nitrogens is 2. The number of carbonyl (C=O) groups is 1. The van der Waals surface area contributed by atoms with Gasteiger partial charge in [0, 0.05) is 25.3 Å². The van der Waals surface area contributed by atoms with Crippen molar-refractivity contribution in [3.05, 3.63) is 40.5 Å². The van der Waals surface area contributed by atoms with E-state index in [0.29, 0.717) is 38.3 Å². The van der Waals surface area contributed by atoms with Gasteiger partial charge in [-0.05, 0) is 40.9 Å². The van der Waals surface area contributed by atoms with Gasteiger partial charge >= 0.3 is 0 Å². The quantitative estimate of drug-likeness (QED) is 0.602. The molecule has 7 heteroatoms. The van der Waals surface area contributed by atoms with Crippen molar-refractivity contribution in [2.24, 2.45) is 0 Å². The van der Waals surface area contributed by atoms with Crippen LogP contribution in [0.4, 0.5) is 0 Å². The highest BCUT2D eigenvalue weighted by atomic mass is 79.9. The molecule has 2 aromatic rings. The van der Waals surface area contributed by atoms with E-state index >= 15 is 0 Å². The van der Waals surface area contributed by atoms with E-state index in [1.165, 1.54) is 0 Å². The van der Waals surface area contributed by atoms with Gasteiger partial charge in [0.05, 0.1) is 11.1 Å². The first-order chi connectivity index (χ1) is 12.1. The van der Waals surface area contributed by atoms with Crippen LogP contribution in [0, 0.1) is 0 Å². The summed E-state index contributed by atoms with van der Waals surface area (Å²) in [6, 6.07) is 7.67. The molecule has 1 heterocycles. The van der Waals surface area contributed by atoms with Crippen molar-refractivity contribution in [3.8, 4) is 5.75 Å². The van der Waals surface area contributed by atoms with E-state index in [1.807, 2.05) is 38.1 Å². The Morgan fingerprint density at radius 3 is 2.84 bits per heavy atom. The summed E-state index contributed by atoms with van der Waals surface area (Å²) < 4.78 is 11.7. The first-order valence-electron chi connectivity index (χ1n) is 8.52. The third-order valence-corrected chi connectivity index (χ3v) is 4.19. The second kappa shape index (κ2) is 10.2. The van der Waals surface area contributed by atoms with E-state index in [-0.39, 0.29) is 11.8 Å². The number of benzene rings is 1. The topological polar surface area (TPSA) is 77.2 Å². The Bertz CT molecular complexity index is 673. The maximum absolute atomic E-state index is 11.8. The summed E-state index contributed by atoms with van der Waals surface area (Å²) in [6.45, 7) is 5.16. The van der Waals surface area contributed by atoms with Gasteiger partial charge in [-0.3, -0.25) is 4.79 Å². The number of halogens is 1. The molecule has 0 atom stereocenters. The van der Waals surface area contributed by atoms with E-state index in [1.54, 1.807) is 0 Å². The summed E-state index contributed by atoms with van der Waals surface area (Å²) in [4.78, 5) is 16.1. The first kappa shape index (κ1) is 19.4. The molecule has 0 bridgehead atoms. The monoisotopic (exact) mass is 409 g/mol. The van der Waals surface area contributed by atoms with Crippen molar-refractivity contribution in [1.82, 2.24) is 15.5 Å². The lowest BCUT2D eigenvalue weighted by Gasteiger charge is -2.08. The zero-order valence-electron chi connectivity index (χ0n) is 14.6. The summed E-state index contributed by atoms with van der Waals surface area (Å²) in [5.41, 5.74) is 0. The number of para-hydroxylation sites is 1. The van der Waals surface area contributed by atoms with Crippen molar-refractivity contribution in [1.29, 1.82) is 0 Å². The van der Waals surface area contributed by atoms with Gasteiger partial charge in [-0.2, -0.15) is 4.98 Å². The van der Waals surface area contributed by atoms with Crippen molar-refractivity contribution in [3.63, 3.8) is 0 Å². The molecule has 1 aromatic carbocycles. The van der Waals surface area contributed by atoms with Gasteiger partial charge in [-0.1, -0.05) is 31.1 Å². The lowest BCUT2D eigenvalue weighted by atomic mass is 10.2. The molecule has 0 aliphatic heterocycles. The molecule has 0 saturated carbocycles. The molecule has 0 radical (unpaired) electrons. The normalized spacial score (nSPS) is 10.9. The van der Waals surface area contributed by atoms with Gasteiger partial charge in [-0.25, -0.2) is 0 Å². The van der Waals surface area contributed by atoms with Crippen LogP contribution in [0.5, 0.6) is 5.75 Å². The third-order valence-electron chi connectivity index (χ3n) is 3.53. The second-order valence-electron chi connectivity index (χ2n) is 6.04. The maximum atomic E-state index is 11.8. The fourth-order valence-electron chi connectivity index (χ4n) is 2.14. The summed E-state index contributed by atoms with van der Waals surface area (Å²) in [5.74, 6) is 2.44. The molecule has 0 aliphatic rings. The van der Waals surface area contributed by atoms with Gasteiger partial charge in [0.1, 0.15) is 5.75 Å². The van der Waals surface area contributed by atoms with Crippen LogP contribution < -0.4 is 10.1 Å².